The molecule has 1 aliphatic rings. The van der Waals surface area contributed by atoms with Crippen LogP contribution in [0.3, 0.4) is 0 Å². The first-order chi connectivity index (χ1) is 11.1. The summed E-state index contributed by atoms with van der Waals surface area (Å²) >= 11 is 1.73. The smallest absolute Gasteiger partial charge is 0.279 e. The van der Waals surface area contributed by atoms with Crippen LogP contribution in [0, 0.1) is 10.1 Å². The van der Waals surface area contributed by atoms with Crippen LogP contribution in [-0.4, -0.2) is 23.9 Å². The molecule has 0 aliphatic carbocycles. The SMILES string of the molecule is O=C(C[NH+]1CCC[C@@H]1c1cccs1)Nc1cccc([N+](=O)[O-])c1. The molecule has 3 rings (SSSR count). The van der Waals surface area contributed by atoms with E-state index in [1.54, 1.807) is 23.5 Å². The van der Waals surface area contributed by atoms with E-state index >= 15 is 0 Å². The second-order valence-corrected chi connectivity index (χ2v) is 6.63. The third-order valence-electron chi connectivity index (χ3n) is 4.10. The number of nitrogens with one attached hydrogen (secondary N) is 2. The number of quaternary nitrogens is 1. The maximum absolute atomic E-state index is 12.3. The highest BCUT2D eigenvalue weighted by atomic mass is 32.1. The number of anilines is 1. The minimum atomic E-state index is -0.464. The van der Waals surface area contributed by atoms with Crippen LogP contribution < -0.4 is 10.2 Å². The topological polar surface area (TPSA) is 76.7 Å². The lowest BCUT2D eigenvalue weighted by Gasteiger charge is -2.20. The number of nitro benzene ring substituents is 1. The van der Waals surface area contributed by atoms with Gasteiger partial charge in [0.25, 0.3) is 11.6 Å². The molecule has 0 radical (unpaired) electrons. The van der Waals surface area contributed by atoms with Crippen molar-refractivity contribution in [2.75, 3.05) is 18.4 Å². The number of likely N-dealkylation sites (tertiary alicyclic amines) is 1. The van der Waals surface area contributed by atoms with Gasteiger partial charge in [0.05, 0.1) is 16.3 Å². The molecule has 23 heavy (non-hydrogen) atoms. The third-order valence-corrected chi connectivity index (χ3v) is 5.08. The molecule has 2 heterocycles. The molecule has 0 spiro atoms. The second kappa shape index (κ2) is 6.89. The molecule has 6 nitrogen and oxygen atoms in total. The van der Waals surface area contributed by atoms with Crippen molar-refractivity contribution >= 4 is 28.6 Å². The summed E-state index contributed by atoms with van der Waals surface area (Å²) in [6.07, 6.45) is 2.21. The minimum Gasteiger partial charge on any atom is -0.321 e. The minimum absolute atomic E-state index is 0.0206. The van der Waals surface area contributed by atoms with E-state index in [0.29, 0.717) is 18.3 Å². The molecule has 1 fully saturated rings. The van der Waals surface area contributed by atoms with Crippen LogP contribution in [0.25, 0.3) is 0 Å². The Morgan fingerprint density at radius 2 is 2.26 bits per heavy atom. The second-order valence-electron chi connectivity index (χ2n) is 5.65. The summed E-state index contributed by atoms with van der Waals surface area (Å²) in [6.45, 7) is 1.36. The van der Waals surface area contributed by atoms with E-state index in [0.717, 1.165) is 19.4 Å². The van der Waals surface area contributed by atoms with Crippen molar-refractivity contribution in [1.29, 1.82) is 0 Å². The van der Waals surface area contributed by atoms with Crippen molar-refractivity contribution in [2.24, 2.45) is 0 Å². The summed E-state index contributed by atoms with van der Waals surface area (Å²) in [6, 6.07) is 10.6. The summed E-state index contributed by atoms with van der Waals surface area (Å²) in [4.78, 5) is 25.2. The fourth-order valence-corrected chi connectivity index (χ4v) is 3.99. The largest absolute Gasteiger partial charge is 0.321 e. The first-order valence-corrected chi connectivity index (χ1v) is 8.44. The summed E-state index contributed by atoms with van der Waals surface area (Å²) in [5, 5.41) is 15.6. The molecule has 7 heteroatoms. The van der Waals surface area contributed by atoms with Crippen LogP contribution in [0.1, 0.15) is 23.8 Å². The van der Waals surface area contributed by atoms with Crippen LogP contribution in [-0.2, 0) is 4.79 Å². The van der Waals surface area contributed by atoms with Gasteiger partial charge in [0, 0.05) is 30.7 Å². The Morgan fingerprint density at radius 1 is 1.39 bits per heavy atom. The van der Waals surface area contributed by atoms with E-state index in [2.05, 4.69) is 16.8 Å². The Balaban J connectivity index is 1.63. The number of thiophene rings is 1. The fraction of sp³-hybridized carbons (Fsp3) is 0.312. The molecule has 1 saturated heterocycles. The average Bonchev–Trinajstić information content (AvgIpc) is 3.18. The Kier molecular flexibility index (Phi) is 4.68. The van der Waals surface area contributed by atoms with Gasteiger partial charge in [0.1, 0.15) is 6.04 Å². The monoisotopic (exact) mass is 332 g/mol. The molecular weight excluding hydrogens is 314 g/mol. The van der Waals surface area contributed by atoms with E-state index < -0.39 is 4.92 Å². The average molecular weight is 332 g/mol. The molecule has 2 N–H and O–H groups in total. The zero-order valence-electron chi connectivity index (χ0n) is 12.5. The highest BCUT2D eigenvalue weighted by molar-refractivity contribution is 7.10. The number of carbonyl (C=O) groups excluding carboxylic acids is 1. The molecular formula is C16H18N3O3S+. The van der Waals surface area contributed by atoms with E-state index in [-0.39, 0.29) is 11.6 Å². The number of amides is 1. The van der Waals surface area contributed by atoms with Gasteiger partial charge in [0.2, 0.25) is 0 Å². The fourth-order valence-electron chi connectivity index (χ4n) is 3.06. The summed E-state index contributed by atoms with van der Waals surface area (Å²) < 4.78 is 0. The summed E-state index contributed by atoms with van der Waals surface area (Å²) in [5.41, 5.74) is 0.447. The number of nitro groups is 1. The van der Waals surface area contributed by atoms with Gasteiger partial charge in [-0.1, -0.05) is 12.1 Å². The van der Waals surface area contributed by atoms with Crippen molar-refractivity contribution in [3.05, 3.63) is 56.8 Å². The number of benzene rings is 1. The van der Waals surface area contributed by atoms with Crippen molar-refractivity contribution in [3.63, 3.8) is 0 Å². The van der Waals surface area contributed by atoms with Crippen molar-refractivity contribution < 1.29 is 14.6 Å². The molecule has 1 amide bonds. The lowest BCUT2D eigenvalue weighted by Crippen LogP contribution is -3.11. The van der Waals surface area contributed by atoms with Crippen LogP contribution in [0.2, 0.25) is 0 Å². The van der Waals surface area contributed by atoms with Gasteiger partial charge in [-0.25, -0.2) is 0 Å². The zero-order chi connectivity index (χ0) is 16.2. The maximum Gasteiger partial charge on any atom is 0.279 e. The molecule has 1 aromatic heterocycles. The van der Waals surface area contributed by atoms with Gasteiger partial charge < -0.3 is 10.2 Å². The lowest BCUT2D eigenvalue weighted by atomic mass is 10.2. The molecule has 0 saturated carbocycles. The van der Waals surface area contributed by atoms with Crippen LogP contribution in [0.5, 0.6) is 0 Å². The first kappa shape index (κ1) is 15.6. The van der Waals surface area contributed by atoms with Gasteiger partial charge in [-0.15, -0.1) is 11.3 Å². The Bertz CT molecular complexity index is 702. The molecule has 1 aliphatic heterocycles. The molecule has 2 atom stereocenters. The predicted octanol–water partition coefficient (Wildman–Crippen LogP) is 2.01. The van der Waals surface area contributed by atoms with Gasteiger partial charge in [0.15, 0.2) is 6.54 Å². The number of hydrogen-bond acceptors (Lipinski definition) is 4. The van der Waals surface area contributed by atoms with Crippen LogP contribution in [0.4, 0.5) is 11.4 Å². The van der Waals surface area contributed by atoms with Crippen LogP contribution >= 0.6 is 11.3 Å². The van der Waals surface area contributed by atoms with Gasteiger partial charge >= 0.3 is 0 Å². The molecule has 0 bridgehead atoms. The standard InChI is InChI=1S/C16H17N3O3S/c20-16(17-12-4-1-5-13(10-12)19(21)22)11-18-8-2-6-14(18)15-7-3-9-23-15/h1,3-5,7,9-10,14H,2,6,8,11H2,(H,17,20)/p+1/t14-/m1/s1. The van der Waals surface area contributed by atoms with Gasteiger partial charge in [-0.05, 0) is 17.5 Å². The van der Waals surface area contributed by atoms with Crippen molar-refractivity contribution in [2.45, 2.75) is 18.9 Å². The Morgan fingerprint density at radius 3 is 3.00 bits per heavy atom. The Labute approximate surface area is 137 Å². The Hall–Kier alpha value is -2.25. The predicted molar refractivity (Wildman–Crippen MR) is 88.7 cm³/mol. The highest BCUT2D eigenvalue weighted by Gasteiger charge is 2.32. The molecule has 120 valence electrons. The first-order valence-electron chi connectivity index (χ1n) is 7.56. The molecule has 1 aromatic carbocycles. The van der Waals surface area contributed by atoms with E-state index in [1.165, 1.54) is 21.9 Å². The van der Waals surface area contributed by atoms with Crippen molar-refractivity contribution in [3.8, 4) is 0 Å². The van der Waals surface area contributed by atoms with Gasteiger partial charge in [-0.2, -0.15) is 0 Å². The van der Waals surface area contributed by atoms with E-state index in [9.17, 15) is 14.9 Å². The number of non-ortho nitro benzene ring substituents is 1. The maximum atomic E-state index is 12.3. The normalized spacial score (nSPS) is 20.3. The van der Waals surface area contributed by atoms with E-state index in [4.69, 9.17) is 0 Å². The quantitative estimate of drug-likeness (QED) is 0.649. The van der Waals surface area contributed by atoms with Crippen LogP contribution in [0.15, 0.2) is 41.8 Å². The molecule has 1 unspecified atom stereocenters. The number of nitrogens with zero attached hydrogens (tertiary/aromatic N) is 1. The molecule has 2 aromatic rings. The van der Waals surface area contributed by atoms with Crippen molar-refractivity contribution in [1.82, 2.24) is 0 Å². The number of rotatable bonds is 5. The highest BCUT2D eigenvalue weighted by Crippen LogP contribution is 2.23. The summed E-state index contributed by atoms with van der Waals surface area (Å²) in [7, 11) is 0. The van der Waals surface area contributed by atoms with E-state index in [1.807, 2.05) is 6.07 Å². The zero-order valence-corrected chi connectivity index (χ0v) is 13.3. The van der Waals surface area contributed by atoms with Gasteiger partial charge in [-0.3, -0.25) is 14.9 Å². The third kappa shape index (κ3) is 3.75. The number of carbonyl (C=O) groups is 1. The number of hydrogen-bond donors (Lipinski definition) is 2. The lowest BCUT2D eigenvalue weighted by molar-refractivity contribution is -0.910. The summed E-state index contributed by atoms with van der Waals surface area (Å²) in [5.74, 6) is -0.107.